The number of primary amides is 1. The highest BCUT2D eigenvalue weighted by molar-refractivity contribution is 5.75. The van der Waals surface area contributed by atoms with Crippen LogP contribution >= 0.6 is 0 Å². The quantitative estimate of drug-likeness (QED) is 0.188. The highest BCUT2D eigenvalue weighted by Crippen LogP contribution is 2.25. The second-order valence-corrected chi connectivity index (χ2v) is 9.04. The number of benzene rings is 1. The summed E-state index contributed by atoms with van der Waals surface area (Å²) < 4.78 is 27.2. The van der Waals surface area contributed by atoms with Crippen LogP contribution in [0.5, 0.6) is 5.75 Å². The summed E-state index contributed by atoms with van der Waals surface area (Å²) >= 11 is 0. The first kappa shape index (κ1) is 26.2. The van der Waals surface area contributed by atoms with Gasteiger partial charge < -0.3 is 36.2 Å². The van der Waals surface area contributed by atoms with E-state index in [1.165, 1.54) is 10.6 Å². The van der Waals surface area contributed by atoms with Crippen LogP contribution in [0.4, 0.5) is 22.0 Å². The number of nitrogens with one attached hydrogen (secondary N) is 2. The van der Waals surface area contributed by atoms with Crippen molar-refractivity contribution in [3.8, 4) is 17.2 Å². The second-order valence-electron chi connectivity index (χ2n) is 9.04. The van der Waals surface area contributed by atoms with Crippen LogP contribution in [0, 0.1) is 5.82 Å². The van der Waals surface area contributed by atoms with Crippen LogP contribution in [0.15, 0.2) is 47.1 Å². The SMILES string of the molecule is NC(=O)CNCCOc1ccc(N2CCN(CCNc3nc(N)n4nc(-c5ccco5)cc4n3)CC2)c(F)c1. The van der Waals surface area contributed by atoms with Crippen molar-refractivity contribution in [3.05, 3.63) is 48.5 Å². The lowest BCUT2D eigenvalue weighted by Crippen LogP contribution is -2.48. The van der Waals surface area contributed by atoms with Crippen molar-refractivity contribution in [3.63, 3.8) is 0 Å². The predicted molar refractivity (Wildman–Crippen MR) is 144 cm³/mol. The van der Waals surface area contributed by atoms with E-state index in [1.54, 1.807) is 30.5 Å². The molecule has 206 valence electrons. The maximum Gasteiger partial charge on any atom is 0.231 e. The van der Waals surface area contributed by atoms with Crippen molar-refractivity contribution in [2.75, 3.05) is 74.9 Å². The van der Waals surface area contributed by atoms with Gasteiger partial charge in [-0.2, -0.15) is 19.6 Å². The number of hydrogen-bond acceptors (Lipinski definition) is 11. The van der Waals surface area contributed by atoms with Crippen LogP contribution in [0.2, 0.25) is 0 Å². The summed E-state index contributed by atoms with van der Waals surface area (Å²) in [7, 11) is 0. The zero-order valence-electron chi connectivity index (χ0n) is 21.3. The lowest BCUT2D eigenvalue weighted by Gasteiger charge is -2.36. The Kier molecular flexibility index (Phi) is 8.03. The van der Waals surface area contributed by atoms with Crippen LogP contribution in [-0.4, -0.2) is 89.4 Å². The fourth-order valence-electron chi connectivity index (χ4n) is 4.36. The van der Waals surface area contributed by atoms with Gasteiger partial charge >= 0.3 is 0 Å². The molecule has 1 aliphatic rings. The number of nitrogens with two attached hydrogens (primary N) is 2. The number of furan rings is 1. The minimum atomic E-state index is -0.436. The van der Waals surface area contributed by atoms with E-state index >= 15 is 0 Å². The zero-order valence-corrected chi connectivity index (χ0v) is 21.3. The Balaban J connectivity index is 1.07. The summed E-state index contributed by atoms with van der Waals surface area (Å²) in [6.45, 7) is 5.22. The molecule has 13 nitrogen and oxygen atoms in total. The number of piperazine rings is 1. The summed E-state index contributed by atoms with van der Waals surface area (Å²) in [5, 5.41) is 10.5. The Morgan fingerprint density at radius 3 is 2.72 bits per heavy atom. The van der Waals surface area contributed by atoms with Gasteiger partial charge in [-0.3, -0.25) is 9.69 Å². The van der Waals surface area contributed by atoms with Gasteiger partial charge in [0, 0.05) is 57.9 Å². The topological polar surface area (TPSA) is 165 Å². The monoisotopic (exact) mass is 538 g/mol. The average molecular weight is 539 g/mol. The van der Waals surface area contributed by atoms with Crippen LogP contribution < -0.4 is 31.7 Å². The second kappa shape index (κ2) is 12.0. The summed E-state index contributed by atoms with van der Waals surface area (Å²) in [4.78, 5) is 23.9. The third kappa shape index (κ3) is 6.53. The molecule has 0 bridgehead atoms. The van der Waals surface area contributed by atoms with E-state index < -0.39 is 5.91 Å². The molecule has 1 aliphatic heterocycles. The molecule has 14 heteroatoms. The first-order valence-electron chi connectivity index (χ1n) is 12.7. The molecule has 6 N–H and O–H groups in total. The molecule has 0 atom stereocenters. The fourth-order valence-corrected chi connectivity index (χ4v) is 4.36. The number of anilines is 3. The molecule has 0 spiro atoms. The van der Waals surface area contributed by atoms with Gasteiger partial charge in [-0.25, -0.2) is 4.39 Å². The van der Waals surface area contributed by atoms with Gasteiger partial charge in [-0.15, -0.1) is 0 Å². The highest BCUT2D eigenvalue weighted by Gasteiger charge is 2.20. The lowest BCUT2D eigenvalue weighted by molar-refractivity contribution is -0.117. The van der Waals surface area contributed by atoms with E-state index in [4.69, 9.17) is 20.6 Å². The van der Waals surface area contributed by atoms with E-state index in [9.17, 15) is 9.18 Å². The van der Waals surface area contributed by atoms with Gasteiger partial charge in [0.15, 0.2) is 11.4 Å². The van der Waals surface area contributed by atoms with E-state index in [0.29, 0.717) is 67.3 Å². The van der Waals surface area contributed by atoms with Crippen molar-refractivity contribution in [1.29, 1.82) is 0 Å². The normalized spacial score (nSPS) is 14.1. The molecule has 0 radical (unpaired) electrons. The first-order valence-corrected chi connectivity index (χ1v) is 12.7. The van der Waals surface area contributed by atoms with Gasteiger partial charge in [0.05, 0.1) is 18.5 Å². The number of nitrogen functional groups attached to an aromatic ring is 1. The molecular formula is C25H31FN10O3. The van der Waals surface area contributed by atoms with Crippen molar-refractivity contribution >= 4 is 29.1 Å². The van der Waals surface area contributed by atoms with Gasteiger partial charge in [-0.1, -0.05) is 0 Å². The fraction of sp³-hybridized carbons (Fsp3) is 0.360. The molecule has 1 fully saturated rings. The van der Waals surface area contributed by atoms with Crippen LogP contribution in [0.1, 0.15) is 0 Å². The molecule has 1 saturated heterocycles. The Bertz CT molecular complexity index is 1400. The van der Waals surface area contributed by atoms with E-state index in [-0.39, 0.29) is 18.3 Å². The largest absolute Gasteiger partial charge is 0.492 e. The first-order chi connectivity index (χ1) is 19.0. The van der Waals surface area contributed by atoms with Crippen molar-refractivity contribution in [2.45, 2.75) is 0 Å². The number of hydrogen-bond donors (Lipinski definition) is 4. The summed E-state index contributed by atoms with van der Waals surface area (Å²) in [5.74, 6) is 0.964. The van der Waals surface area contributed by atoms with Crippen molar-refractivity contribution in [1.82, 2.24) is 29.8 Å². The minimum Gasteiger partial charge on any atom is -0.492 e. The lowest BCUT2D eigenvalue weighted by atomic mass is 10.2. The molecule has 5 rings (SSSR count). The van der Waals surface area contributed by atoms with E-state index in [2.05, 4.69) is 30.6 Å². The number of rotatable bonds is 12. The van der Waals surface area contributed by atoms with Gasteiger partial charge in [0.2, 0.25) is 17.8 Å². The Morgan fingerprint density at radius 2 is 1.97 bits per heavy atom. The number of carbonyl (C=O) groups is 1. The molecular weight excluding hydrogens is 507 g/mol. The smallest absolute Gasteiger partial charge is 0.231 e. The number of fused-ring (bicyclic) bond motifs is 1. The Labute approximate surface area is 223 Å². The number of aromatic nitrogens is 4. The standard InChI is InChI=1S/C25H31FN10O3/c26-18-14-17(38-13-6-29-16-22(27)37)3-4-20(18)35-10-8-34(9-11-35)7-5-30-25-31-23-15-19(21-2-1-12-39-21)33-36(23)24(28)32-25/h1-4,12,14-15,29H,5-11,13,16H2,(H2,27,37)(H3,28,30,31,32). The molecule has 4 aromatic rings. The number of halogens is 1. The number of nitrogens with zero attached hydrogens (tertiary/aromatic N) is 6. The third-order valence-electron chi connectivity index (χ3n) is 6.31. The molecule has 0 aliphatic carbocycles. The van der Waals surface area contributed by atoms with E-state index in [1.807, 2.05) is 11.0 Å². The zero-order chi connectivity index (χ0) is 27.2. The molecule has 0 unspecified atom stereocenters. The van der Waals surface area contributed by atoms with Gasteiger partial charge in [0.1, 0.15) is 23.9 Å². The molecule has 0 saturated carbocycles. The van der Waals surface area contributed by atoms with Crippen LogP contribution in [0.25, 0.3) is 17.1 Å². The minimum absolute atomic E-state index is 0.0797. The predicted octanol–water partition coefficient (Wildman–Crippen LogP) is 0.793. The molecule has 1 amide bonds. The van der Waals surface area contributed by atoms with Crippen LogP contribution in [0.3, 0.4) is 0 Å². The van der Waals surface area contributed by atoms with Crippen molar-refractivity contribution < 1.29 is 18.3 Å². The summed E-state index contributed by atoms with van der Waals surface area (Å²) in [5.41, 5.74) is 12.9. The third-order valence-corrected chi connectivity index (χ3v) is 6.31. The Morgan fingerprint density at radius 1 is 1.13 bits per heavy atom. The molecule has 3 aromatic heterocycles. The summed E-state index contributed by atoms with van der Waals surface area (Å²) in [6.07, 6.45) is 1.58. The van der Waals surface area contributed by atoms with Gasteiger partial charge in [0.25, 0.3) is 0 Å². The molecule has 4 heterocycles. The number of carbonyl (C=O) groups excluding carboxylic acids is 1. The van der Waals surface area contributed by atoms with Crippen molar-refractivity contribution in [2.24, 2.45) is 5.73 Å². The number of amides is 1. The highest BCUT2D eigenvalue weighted by atomic mass is 19.1. The number of ether oxygens (including phenoxy) is 1. The molecule has 1 aromatic carbocycles. The average Bonchev–Trinajstić information content (AvgIpc) is 3.60. The maximum atomic E-state index is 14.8. The molecule has 39 heavy (non-hydrogen) atoms. The van der Waals surface area contributed by atoms with Gasteiger partial charge in [-0.05, 0) is 24.3 Å². The Hall–Kier alpha value is -4.43. The van der Waals surface area contributed by atoms with E-state index in [0.717, 1.165) is 19.6 Å². The maximum absolute atomic E-state index is 14.8. The summed E-state index contributed by atoms with van der Waals surface area (Å²) in [6, 6.07) is 10.3. The van der Waals surface area contributed by atoms with Crippen LogP contribution in [-0.2, 0) is 4.79 Å².